The van der Waals surface area contributed by atoms with Crippen molar-refractivity contribution in [1.82, 2.24) is 15.5 Å². The van der Waals surface area contributed by atoms with E-state index in [1.807, 2.05) is 20.0 Å². The van der Waals surface area contributed by atoms with E-state index >= 15 is 0 Å². The molecule has 0 unspecified atom stereocenters. The minimum Gasteiger partial charge on any atom is -0.450 e. The van der Waals surface area contributed by atoms with Crippen molar-refractivity contribution in [2.24, 2.45) is 0 Å². The van der Waals surface area contributed by atoms with E-state index < -0.39 is 0 Å². The average molecular weight is 363 g/mol. The lowest BCUT2D eigenvalue weighted by atomic mass is 9.74. The van der Waals surface area contributed by atoms with Gasteiger partial charge in [-0.15, -0.1) is 0 Å². The van der Waals surface area contributed by atoms with E-state index in [1.54, 1.807) is 12.1 Å². The molecular weight excluding hydrogens is 333 g/mol. The molecule has 1 aromatic rings. The number of carbonyl (C=O) groups excluding carboxylic acids is 1. The predicted molar refractivity (Wildman–Crippen MR) is 99.5 cm³/mol. The second-order valence-corrected chi connectivity index (χ2v) is 7.42. The van der Waals surface area contributed by atoms with E-state index in [9.17, 15) is 9.18 Å². The molecule has 1 aromatic carbocycles. The third-order valence-electron chi connectivity index (χ3n) is 6.00. The predicted octanol–water partition coefficient (Wildman–Crippen LogP) is 3.00. The molecule has 5 nitrogen and oxygen atoms in total. The summed E-state index contributed by atoms with van der Waals surface area (Å²) in [4.78, 5) is 14.1. The Morgan fingerprint density at radius 2 is 2.12 bits per heavy atom. The van der Waals surface area contributed by atoms with Gasteiger partial charge in [-0.3, -0.25) is 4.90 Å². The summed E-state index contributed by atoms with van der Waals surface area (Å²) < 4.78 is 18.6. The monoisotopic (exact) mass is 363 g/mol. The fourth-order valence-electron chi connectivity index (χ4n) is 4.51. The van der Waals surface area contributed by atoms with Crippen LogP contribution >= 0.6 is 0 Å². The molecule has 2 fully saturated rings. The number of nitrogens with zero attached hydrogens (tertiary/aromatic N) is 1. The lowest BCUT2D eigenvalue weighted by molar-refractivity contribution is 0.127. The first kappa shape index (κ1) is 19.1. The van der Waals surface area contributed by atoms with Gasteiger partial charge < -0.3 is 15.4 Å². The maximum atomic E-state index is 13.7. The van der Waals surface area contributed by atoms with Crippen LogP contribution in [-0.2, 0) is 10.3 Å². The molecule has 1 aliphatic carbocycles. The van der Waals surface area contributed by atoms with E-state index in [1.165, 1.54) is 6.07 Å². The Kier molecular flexibility index (Phi) is 6.14. The van der Waals surface area contributed by atoms with Gasteiger partial charge in [-0.25, -0.2) is 9.18 Å². The summed E-state index contributed by atoms with van der Waals surface area (Å²) in [5.41, 5.74) is 0.905. The molecule has 1 saturated heterocycles. The van der Waals surface area contributed by atoms with Crippen molar-refractivity contribution >= 4 is 6.09 Å². The summed E-state index contributed by atoms with van der Waals surface area (Å²) >= 11 is 0. The molecule has 6 heteroatoms. The normalized spacial score (nSPS) is 29.5. The number of likely N-dealkylation sites (tertiary alicyclic amines) is 1. The standard InChI is InChI=1S/C20H30FN3O2/c1-3-26-19(25)23-17-9-12-24(14-17)18-7-10-20(22-2,11-8-18)15-5-4-6-16(21)13-15/h4-6,13,17-18,22H,3,7-12,14H2,1-2H3,(H,23,25)/t17-,18?,20?/m0/s1. The van der Waals surface area contributed by atoms with Gasteiger partial charge in [0.25, 0.3) is 0 Å². The smallest absolute Gasteiger partial charge is 0.407 e. The van der Waals surface area contributed by atoms with Gasteiger partial charge in [-0.2, -0.15) is 0 Å². The molecule has 0 spiro atoms. The van der Waals surface area contributed by atoms with Gasteiger partial charge in [-0.05, 0) is 63.8 Å². The highest BCUT2D eigenvalue weighted by Crippen LogP contribution is 2.39. The molecule has 1 atom stereocenters. The summed E-state index contributed by atoms with van der Waals surface area (Å²) in [6, 6.07) is 7.68. The Bertz CT molecular complexity index is 617. The van der Waals surface area contributed by atoms with Crippen LogP contribution in [0.5, 0.6) is 0 Å². The third-order valence-corrected chi connectivity index (χ3v) is 6.00. The van der Waals surface area contributed by atoms with Crippen LogP contribution in [0.3, 0.4) is 0 Å². The largest absolute Gasteiger partial charge is 0.450 e. The summed E-state index contributed by atoms with van der Waals surface area (Å²) in [5.74, 6) is -0.174. The number of nitrogens with one attached hydrogen (secondary N) is 2. The summed E-state index contributed by atoms with van der Waals surface area (Å²) in [5, 5.41) is 6.41. The maximum Gasteiger partial charge on any atom is 0.407 e. The number of carbonyl (C=O) groups is 1. The SMILES string of the molecule is CCOC(=O)N[C@H]1CCN(C2CCC(NC)(c3cccc(F)c3)CC2)C1. The number of alkyl carbamates (subject to hydrolysis) is 1. The third kappa shape index (κ3) is 4.18. The summed E-state index contributed by atoms with van der Waals surface area (Å²) in [6.07, 6.45) is 4.78. The lowest BCUT2D eigenvalue weighted by Crippen LogP contribution is -2.48. The molecule has 1 saturated carbocycles. The molecule has 144 valence electrons. The average Bonchev–Trinajstić information content (AvgIpc) is 3.10. The fraction of sp³-hybridized carbons (Fsp3) is 0.650. The van der Waals surface area contributed by atoms with Crippen LogP contribution in [0.2, 0.25) is 0 Å². The zero-order chi connectivity index (χ0) is 18.6. The Morgan fingerprint density at radius 3 is 2.77 bits per heavy atom. The molecule has 0 aromatic heterocycles. The molecule has 0 bridgehead atoms. The van der Waals surface area contributed by atoms with Crippen molar-refractivity contribution in [1.29, 1.82) is 0 Å². The number of amides is 1. The molecule has 1 amide bonds. The van der Waals surface area contributed by atoms with Crippen LogP contribution in [-0.4, -0.2) is 49.8 Å². The first-order valence-electron chi connectivity index (χ1n) is 9.68. The van der Waals surface area contributed by atoms with Gasteiger partial charge in [0.15, 0.2) is 0 Å². The Morgan fingerprint density at radius 1 is 1.35 bits per heavy atom. The van der Waals surface area contributed by atoms with Crippen LogP contribution in [0.15, 0.2) is 24.3 Å². The molecule has 1 heterocycles. The Labute approximate surface area is 155 Å². The van der Waals surface area contributed by atoms with Crippen LogP contribution in [0.4, 0.5) is 9.18 Å². The maximum absolute atomic E-state index is 13.7. The van der Waals surface area contributed by atoms with E-state index in [4.69, 9.17) is 4.74 Å². The molecule has 26 heavy (non-hydrogen) atoms. The fourth-order valence-corrected chi connectivity index (χ4v) is 4.51. The van der Waals surface area contributed by atoms with E-state index in [0.717, 1.165) is 50.8 Å². The number of hydrogen-bond donors (Lipinski definition) is 2. The quantitative estimate of drug-likeness (QED) is 0.844. The number of ether oxygens (including phenoxy) is 1. The number of rotatable bonds is 5. The number of benzene rings is 1. The molecule has 2 aliphatic rings. The van der Waals surface area contributed by atoms with Crippen LogP contribution < -0.4 is 10.6 Å². The Hall–Kier alpha value is -1.66. The summed E-state index contributed by atoms with van der Waals surface area (Å²) in [7, 11) is 1.97. The Balaban J connectivity index is 1.56. The van der Waals surface area contributed by atoms with E-state index in [2.05, 4.69) is 15.5 Å². The lowest BCUT2D eigenvalue weighted by Gasteiger charge is -2.43. The number of halogens is 1. The van der Waals surface area contributed by atoms with E-state index in [-0.39, 0.29) is 23.5 Å². The van der Waals surface area contributed by atoms with Crippen LogP contribution in [0, 0.1) is 5.82 Å². The highest BCUT2D eigenvalue weighted by atomic mass is 19.1. The molecule has 2 N–H and O–H groups in total. The minimum absolute atomic E-state index is 0.138. The first-order chi connectivity index (χ1) is 12.6. The van der Waals surface area contributed by atoms with Crippen LogP contribution in [0.25, 0.3) is 0 Å². The minimum atomic E-state index is -0.316. The van der Waals surface area contributed by atoms with Crippen molar-refractivity contribution in [3.63, 3.8) is 0 Å². The van der Waals surface area contributed by atoms with Gasteiger partial charge >= 0.3 is 6.09 Å². The van der Waals surface area contributed by atoms with Gasteiger partial charge in [0, 0.05) is 30.7 Å². The zero-order valence-electron chi connectivity index (χ0n) is 15.8. The topological polar surface area (TPSA) is 53.6 Å². The number of hydrogen-bond acceptors (Lipinski definition) is 4. The molecule has 3 rings (SSSR count). The van der Waals surface area contributed by atoms with E-state index in [0.29, 0.717) is 12.6 Å². The van der Waals surface area contributed by atoms with Crippen molar-refractivity contribution in [2.45, 2.75) is 56.7 Å². The van der Waals surface area contributed by atoms with Gasteiger partial charge in [0.05, 0.1) is 6.61 Å². The second kappa shape index (κ2) is 8.35. The summed E-state index contributed by atoms with van der Waals surface area (Å²) in [6.45, 7) is 4.11. The van der Waals surface area contributed by atoms with Crippen molar-refractivity contribution in [3.8, 4) is 0 Å². The van der Waals surface area contributed by atoms with Gasteiger partial charge in [0.2, 0.25) is 0 Å². The zero-order valence-corrected chi connectivity index (χ0v) is 15.8. The second-order valence-electron chi connectivity index (χ2n) is 7.42. The van der Waals surface area contributed by atoms with Gasteiger partial charge in [0.1, 0.15) is 5.82 Å². The van der Waals surface area contributed by atoms with Crippen molar-refractivity contribution in [2.75, 3.05) is 26.7 Å². The first-order valence-corrected chi connectivity index (χ1v) is 9.68. The molecule has 0 radical (unpaired) electrons. The van der Waals surface area contributed by atoms with Crippen molar-refractivity contribution in [3.05, 3.63) is 35.6 Å². The highest BCUT2D eigenvalue weighted by Gasteiger charge is 2.39. The van der Waals surface area contributed by atoms with Crippen molar-refractivity contribution < 1.29 is 13.9 Å². The van der Waals surface area contributed by atoms with Crippen LogP contribution in [0.1, 0.15) is 44.6 Å². The molecular formula is C20H30FN3O2. The molecule has 1 aliphatic heterocycles. The highest BCUT2D eigenvalue weighted by molar-refractivity contribution is 5.67. The van der Waals surface area contributed by atoms with Gasteiger partial charge in [-0.1, -0.05) is 12.1 Å².